The van der Waals surface area contributed by atoms with Crippen molar-refractivity contribution < 1.29 is 13.2 Å². The molecule has 1 fully saturated rings. The molecule has 1 aliphatic rings. The normalized spacial score (nSPS) is 16.5. The smallest absolute Gasteiger partial charge is 0.274 e. The average Bonchev–Trinajstić information content (AvgIpc) is 3.61. The van der Waals surface area contributed by atoms with Gasteiger partial charge in [-0.25, -0.2) is 13.4 Å². The van der Waals surface area contributed by atoms with Crippen LogP contribution in [0.5, 0.6) is 0 Å². The van der Waals surface area contributed by atoms with Crippen molar-refractivity contribution in [3.8, 4) is 0 Å². The fourth-order valence-corrected chi connectivity index (χ4v) is 6.59. The van der Waals surface area contributed by atoms with E-state index in [0.717, 1.165) is 12.0 Å². The summed E-state index contributed by atoms with van der Waals surface area (Å²) in [6.07, 6.45) is 6.75. The van der Waals surface area contributed by atoms with Crippen LogP contribution in [0.15, 0.2) is 83.5 Å². The number of rotatable bonds is 7. The van der Waals surface area contributed by atoms with Gasteiger partial charge in [-0.15, -0.1) is 11.3 Å². The minimum atomic E-state index is -3.62. The lowest BCUT2D eigenvalue weighted by Gasteiger charge is -2.22. The zero-order chi connectivity index (χ0) is 23.5. The van der Waals surface area contributed by atoms with Crippen molar-refractivity contribution in [2.24, 2.45) is 0 Å². The van der Waals surface area contributed by atoms with Crippen LogP contribution in [0.3, 0.4) is 0 Å². The molecule has 0 unspecified atom stereocenters. The third-order valence-corrected chi connectivity index (χ3v) is 8.50. The topological polar surface area (TPSA) is 97.2 Å². The molecule has 0 radical (unpaired) electrons. The van der Waals surface area contributed by atoms with E-state index >= 15 is 0 Å². The van der Waals surface area contributed by atoms with Crippen LogP contribution < -0.4 is 5.32 Å². The number of anilines is 1. The summed E-state index contributed by atoms with van der Waals surface area (Å²) >= 11 is 1.30. The number of carbonyl (C=O) groups excluding carboxylic acids is 1. The van der Waals surface area contributed by atoms with E-state index in [4.69, 9.17) is 0 Å². The van der Waals surface area contributed by atoms with Gasteiger partial charge in [-0.3, -0.25) is 15.1 Å². The van der Waals surface area contributed by atoms with Crippen LogP contribution >= 0.6 is 11.3 Å². The van der Waals surface area contributed by atoms with Crippen LogP contribution in [0, 0.1) is 0 Å². The third-order valence-electron chi connectivity index (χ3n) is 5.80. The molecule has 1 amide bonds. The highest BCUT2D eigenvalue weighted by Gasteiger charge is 2.37. The Morgan fingerprint density at radius 2 is 1.88 bits per heavy atom. The minimum absolute atomic E-state index is 0.264. The van der Waals surface area contributed by atoms with E-state index in [1.165, 1.54) is 15.6 Å². The Kier molecular flexibility index (Phi) is 6.27. The Bertz CT molecular complexity index is 1380. The molecule has 8 nitrogen and oxygen atoms in total. The number of hydrogen-bond donors (Lipinski definition) is 1. The fraction of sp³-hybridized carbons (Fsp3) is 0.208. The Morgan fingerprint density at radius 1 is 1.09 bits per heavy atom. The number of pyridine rings is 1. The first kappa shape index (κ1) is 22.5. The predicted molar refractivity (Wildman–Crippen MR) is 130 cm³/mol. The van der Waals surface area contributed by atoms with Crippen molar-refractivity contribution in [2.45, 2.75) is 30.3 Å². The predicted octanol–water partition coefficient (Wildman–Crippen LogP) is 4.17. The zero-order valence-corrected chi connectivity index (χ0v) is 19.9. The van der Waals surface area contributed by atoms with E-state index in [2.05, 4.69) is 15.3 Å². The molecule has 1 aliphatic heterocycles. The molecule has 10 heteroatoms. The summed E-state index contributed by atoms with van der Waals surface area (Å²) in [5, 5.41) is 5.14. The first-order valence-corrected chi connectivity index (χ1v) is 13.2. The average molecular weight is 494 g/mol. The van der Waals surface area contributed by atoms with Gasteiger partial charge in [0.15, 0.2) is 5.13 Å². The second-order valence-electron chi connectivity index (χ2n) is 8.00. The quantitative estimate of drug-likeness (QED) is 0.417. The van der Waals surface area contributed by atoms with Crippen molar-refractivity contribution in [1.29, 1.82) is 0 Å². The van der Waals surface area contributed by atoms with Gasteiger partial charge >= 0.3 is 0 Å². The Morgan fingerprint density at radius 3 is 2.68 bits per heavy atom. The first-order valence-electron chi connectivity index (χ1n) is 10.9. The monoisotopic (exact) mass is 493 g/mol. The third kappa shape index (κ3) is 4.52. The summed E-state index contributed by atoms with van der Waals surface area (Å²) in [4.78, 5) is 21.8. The lowest BCUT2D eigenvalue weighted by molar-refractivity contribution is 0.101. The summed E-state index contributed by atoms with van der Waals surface area (Å²) in [7, 11) is -3.62. The lowest BCUT2D eigenvalue weighted by Crippen LogP contribution is -2.30. The molecule has 0 bridgehead atoms. The largest absolute Gasteiger partial charge is 0.339 e. The minimum Gasteiger partial charge on any atom is -0.339 e. The molecule has 1 saturated heterocycles. The van der Waals surface area contributed by atoms with E-state index in [9.17, 15) is 13.2 Å². The van der Waals surface area contributed by atoms with Crippen LogP contribution in [0.2, 0.25) is 0 Å². The molecule has 34 heavy (non-hydrogen) atoms. The maximum Gasteiger partial charge on any atom is 0.274 e. The van der Waals surface area contributed by atoms with Crippen molar-refractivity contribution in [3.63, 3.8) is 0 Å². The summed E-state index contributed by atoms with van der Waals surface area (Å²) < 4.78 is 29.7. The van der Waals surface area contributed by atoms with Crippen LogP contribution in [-0.2, 0) is 16.6 Å². The van der Waals surface area contributed by atoms with E-state index in [-0.39, 0.29) is 16.8 Å². The van der Waals surface area contributed by atoms with Crippen LogP contribution in [0.1, 0.15) is 40.6 Å². The van der Waals surface area contributed by atoms with Gasteiger partial charge in [-0.2, -0.15) is 4.31 Å². The number of sulfonamides is 1. The van der Waals surface area contributed by atoms with Crippen molar-refractivity contribution in [1.82, 2.24) is 18.8 Å². The van der Waals surface area contributed by atoms with Crippen molar-refractivity contribution in [3.05, 3.63) is 95.5 Å². The molecular weight excluding hydrogens is 470 g/mol. The van der Waals surface area contributed by atoms with Gasteiger partial charge in [0.1, 0.15) is 5.69 Å². The van der Waals surface area contributed by atoms with E-state index in [1.807, 2.05) is 34.3 Å². The maximum absolute atomic E-state index is 13.2. The van der Waals surface area contributed by atoms with E-state index < -0.39 is 10.0 Å². The molecule has 5 rings (SSSR count). The summed E-state index contributed by atoms with van der Waals surface area (Å²) in [5.41, 5.74) is 2.21. The maximum atomic E-state index is 13.2. The Balaban J connectivity index is 1.31. The summed E-state index contributed by atoms with van der Waals surface area (Å²) in [6, 6.07) is 15.5. The highest BCUT2D eigenvalue weighted by molar-refractivity contribution is 7.89. The molecule has 4 heterocycles. The van der Waals surface area contributed by atoms with Crippen LogP contribution in [0.4, 0.5) is 5.13 Å². The molecule has 0 saturated carbocycles. The van der Waals surface area contributed by atoms with Gasteiger partial charge in [0, 0.05) is 37.1 Å². The fourth-order valence-electron chi connectivity index (χ4n) is 4.15. The summed E-state index contributed by atoms with van der Waals surface area (Å²) in [6.45, 7) is 0.999. The molecule has 0 spiro atoms. The second-order valence-corrected chi connectivity index (χ2v) is 10.7. The zero-order valence-electron chi connectivity index (χ0n) is 18.2. The van der Waals surface area contributed by atoms with Gasteiger partial charge in [0.2, 0.25) is 10.0 Å². The number of hydrogen-bond acceptors (Lipinski definition) is 6. The molecule has 3 aromatic heterocycles. The number of aromatic nitrogens is 3. The van der Waals surface area contributed by atoms with Gasteiger partial charge < -0.3 is 4.57 Å². The molecule has 1 aromatic carbocycles. The lowest BCUT2D eigenvalue weighted by atomic mass is 10.2. The van der Waals surface area contributed by atoms with Crippen LogP contribution in [-0.4, -0.2) is 39.7 Å². The molecule has 1 atom stereocenters. The number of amides is 1. The number of carbonyl (C=O) groups is 1. The van der Waals surface area contributed by atoms with E-state index in [0.29, 0.717) is 36.0 Å². The number of nitrogens with one attached hydrogen (secondary N) is 1. The molecular formula is C24H23N5O3S2. The first-order chi connectivity index (χ1) is 16.5. The standard InChI is InChI=1S/C24H23N5O3S2/c30-23(22-9-4-14-28(22)16-18-10-12-25-13-11-18)27-24-26-20(17-33-24)21-8-5-15-29(21)34(31,32)19-6-2-1-3-7-19/h1-4,6-7,9-14,17,21H,5,8,15-16H2,(H,26,27,30)/t21-/m1/s1. The number of benzene rings is 1. The Labute approximate surface area is 202 Å². The van der Waals surface area contributed by atoms with Crippen molar-refractivity contribution in [2.75, 3.05) is 11.9 Å². The summed E-state index contributed by atoms with van der Waals surface area (Å²) in [5.74, 6) is -0.264. The van der Waals surface area contributed by atoms with E-state index in [1.54, 1.807) is 48.8 Å². The van der Waals surface area contributed by atoms with Crippen molar-refractivity contribution >= 4 is 32.4 Å². The number of thiazole rings is 1. The molecule has 4 aromatic rings. The Hall–Kier alpha value is -3.34. The van der Waals surface area contributed by atoms with Crippen LogP contribution in [0.25, 0.3) is 0 Å². The number of nitrogens with zero attached hydrogens (tertiary/aromatic N) is 4. The second kappa shape index (κ2) is 9.49. The van der Waals surface area contributed by atoms with Gasteiger partial charge in [0.05, 0.1) is 16.6 Å². The molecule has 1 N–H and O–H groups in total. The molecule has 0 aliphatic carbocycles. The molecule has 174 valence electrons. The van der Waals surface area contributed by atoms with Gasteiger partial charge in [0.25, 0.3) is 5.91 Å². The SMILES string of the molecule is O=C(Nc1nc([C@H]2CCCN2S(=O)(=O)c2ccccc2)cs1)c1cccn1Cc1ccncc1. The highest BCUT2D eigenvalue weighted by atomic mass is 32.2. The highest BCUT2D eigenvalue weighted by Crippen LogP contribution is 2.37. The van der Waals surface area contributed by atoms with Gasteiger partial charge in [-0.05, 0) is 54.8 Å². The van der Waals surface area contributed by atoms with Gasteiger partial charge in [-0.1, -0.05) is 18.2 Å².